The van der Waals surface area contributed by atoms with Gasteiger partial charge in [-0.15, -0.1) is 0 Å². The van der Waals surface area contributed by atoms with Gasteiger partial charge >= 0.3 is 0 Å². The maximum atomic E-state index is 5.31. The lowest BCUT2D eigenvalue weighted by atomic mass is 10.3. The number of rotatable bonds is 5. The average Bonchev–Trinajstić information content (AvgIpc) is 2.66. The molecular formula is C15H23N7OS2. The Morgan fingerprint density at radius 3 is 2.72 bits per heavy atom. The van der Waals surface area contributed by atoms with E-state index in [1.807, 2.05) is 25.1 Å². The summed E-state index contributed by atoms with van der Waals surface area (Å²) in [7, 11) is 0. The lowest BCUT2D eigenvalue weighted by Crippen LogP contribution is -2.50. The number of hydrazine groups is 1. The maximum Gasteiger partial charge on any atom is 0.205 e. The first-order valence-electron chi connectivity index (χ1n) is 8.01. The molecule has 1 aromatic heterocycles. The Kier molecular flexibility index (Phi) is 8.46. The second-order valence-electron chi connectivity index (χ2n) is 5.31. The van der Waals surface area contributed by atoms with E-state index < -0.39 is 0 Å². The van der Waals surface area contributed by atoms with Gasteiger partial charge in [0.15, 0.2) is 5.11 Å². The third kappa shape index (κ3) is 7.69. The Bertz CT molecular complexity index is 591. The Morgan fingerprint density at radius 2 is 2.00 bits per heavy atom. The molecule has 0 radical (unpaired) electrons. The van der Waals surface area contributed by atoms with Gasteiger partial charge in [0, 0.05) is 32.4 Å². The van der Waals surface area contributed by atoms with Crippen molar-refractivity contribution in [3.05, 3.63) is 30.1 Å². The monoisotopic (exact) mass is 381 g/mol. The summed E-state index contributed by atoms with van der Waals surface area (Å²) in [4.78, 5) is 6.54. The normalized spacial score (nSPS) is 15.3. The van der Waals surface area contributed by atoms with Crippen LogP contribution in [0.25, 0.3) is 0 Å². The summed E-state index contributed by atoms with van der Waals surface area (Å²) in [5, 5.41) is 8.08. The number of nitrogens with zero attached hydrogens (tertiary/aromatic N) is 3. The third-order valence-electron chi connectivity index (χ3n) is 3.47. The minimum atomic E-state index is 0.313. The Morgan fingerprint density at radius 1 is 1.24 bits per heavy atom. The van der Waals surface area contributed by atoms with Gasteiger partial charge in [-0.3, -0.25) is 26.2 Å². The summed E-state index contributed by atoms with van der Waals surface area (Å²) in [5.41, 5.74) is 9.86. The highest BCUT2D eigenvalue weighted by Gasteiger charge is 2.09. The van der Waals surface area contributed by atoms with E-state index in [4.69, 9.17) is 29.2 Å². The summed E-state index contributed by atoms with van der Waals surface area (Å²) < 4.78 is 5.31. The quantitative estimate of drug-likeness (QED) is 0.319. The van der Waals surface area contributed by atoms with E-state index in [2.05, 4.69) is 36.6 Å². The summed E-state index contributed by atoms with van der Waals surface area (Å²) in [6, 6.07) is 5.64. The van der Waals surface area contributed by atoms with Gasteiger partial charge in [0.05, 0.1) is 24.6 Å². The van der Waals surface area contributed by atoms with Crippen molar-refractivity contribution in [3.63, 3.8) is 0 Å². The predicted molar refractivity (Wildman–Crippen MR) is 106 cm³/mol. The highest BCUT2D eigenvalue weighted by molar-refractivity contribution is 7.80. The SMILES string of the molecule is C/C(=N\NC(=S)NNC(=S)NCCN1CCOCC1)c1ccccn1. The van der Waals surface area contributed by atoms with Crippen LogP contribution in [0, 0.1) is 0 Å². The Labute approximate surface area is 158 Å². The number of thiocarbonyl (C=S) groups is 2. The lowest BCUT2D eigenvalue weighted by molar-refractivity contribution is 0.0389. The van der Waals surface area contributed by atoms with E-state index in [0.717, 1.165) is 50.8 Å². The summed E-state index contributed by atoms with van der Waals surface area (Å²) in [5.74, 6) is 0. The van der Waals surface area contributed by atoms with Crippen molar-refractivity contribution in [2.75, 3.05) is 39.4 Å². The van der Waals surface area contributed by atoms with E-state index in [-0.39, 0.29) is 0 Å². The first-order valence-corrected chi connectivity index (χ1v) is 8.82. The molecule has 25 heavy (non-hydrogen) atoms. The third-order valence-corrected chi connectivity index (χ3v) is 3.91. The molecule has 2 rings (SSSR count). The second kappa shape index (κ2) is 10.9. The standard InChI is InChI=1S/C15H23N7OS2/c1-12(13-4-2-3-5-16-13)18-20-15(25)21-19-14(24)17-6-7-22-8-10-23-11-9-22/h2-5H,6-11H2,1H3,(H2,17,19,24)(H2,20,21,25)/b18-12+. The van der Waals surface area contributed by atoms with Gasteiger partial charge in [-0.05, 0) is 43.5 Å². The molecule has 0 bridgehead atoms. The number of hydrogen-bond donors (Lipinski definition) is 4. The molecule has 136 valence electrons. The molecular weight excluding hydrogens is 358 g/mol. The smallest absolute Gasteiger partial charge is 0.205 e. The van der Waals surface area contributed by atoms with Crippen LogP contribution in [0.4, 0.5) is 0 Å². The molecule has 1 fully saturated rings. The molecule has 4 N–H and O–H groups in total. The fraction of sp³-hybridized carbons (Fsp3) is 0.467. The largest absolute Gasteiger partial charge is 0.379 e. The van der Waals surface area contributed by atoms with Gasteiger partial charge in [0.1, 0.15) is 0 Å². The minimum Gasteiger partial charge on any atom is -0.379 e. The molecule has 0 atom stereocenters. The number of hydrazone groups is 1. The first kappa shape index (κ1) is 19.4. The highest BCUT2D eigenvalue weighted by atomic mass is 32.1. The van der Waals surface area contributed by atoms with Crippen LogP contribution in [-0.4, -0.2) is 65.2 Å². The minimum absolute atomic E-state index is 0.313. The highest BCUT2D eigenvalue weighted by Crippen LogP contribution is 1.95. The van der Waals surface area contributed by atoms with Crippen molar-refractivity contribution in [1.82, 2.24) is 31.5 Å². The van der Waals surface area contributed by atoms with E-state index in [1.165, 1.54) is 0 Å². The topological polar surface area (TPSA) is 85.8 Å². The van der Waals surface area contributed by atoms with Gasteiger partial charge in [-0.1, -0.05) is 6.07 Å². The zero-order chi connectivity index (χ0) is 17.9. The summed E-state index contributed by atoms with van der Waals surface area (Å²) in [6.45, 7) is 7.03. The second-order valence-corrected chi connectivity index (χ2v) is 6.13. The fourth-order valence-corrected chi connectivity index (χ4v) is 2.36. The summed E-state index contributed by atoms with van der Waals surface area (Å²) in [6.07, 6.45) is 1.72. The van der Waals surface area contributed by atoms with Crippen LogP contribution < -0.4 is 21.6 Å². The lowest BCUT2D eigenvalue weighted by Gasteiger charge is -2.26. The van der Waals surface area contributed by atoms with Crippen LogP contribution in [0.2, 0.25) is 0 Å². The molecule has 0 spiro atoms. The van der Waals surface area contributed by atoms with Crippen molar-refractivity contribution < 1.29 is 4.74 Å². The Hall–Kier alpha value is -1.88. The number of nitrogens with one attached hydrogen (secondary N) is 4. The number of ether oxygens (including phenoxy) is 1. The number of aromatic nitrogens is 1. The van der Waals surface area contributed by atoms with E-state index in [0.29, 0.717) is 10.2 Å². The molecule has 0 unspecified atom stereocenters. The average molecular weight is 382 g/mol. The van der Waals surface area contributed by atoms with Crippen LogP contribution in [0.15, 0.2) is 29.5 Å². The molecule has 0 amide bonds. The molecule has 8 nitrogen and oxygen atoms in total. The maximum absolute atomic E-state index is 5.31. The van der Waals surface area contributed by atoms with Gasteiger partial charge in [-0.2, -0.15) is 5.10 Å². The molecule has 0 saturated carbocycles. The molecule has 0 aromatic carbocycles. The molecule has 1 aliphatic rings. The van der Waals surface area contributed by atoms with Crippen molar-refractivity contribution in [3.8, 4) is 0 Å². The summed E-state index contributed by atoms with van der Waals surface area (Å²) >= 11 is 10.3. The van der Waals surface area contributed by atoms with Crippen molar-refractivity contribution in [2.24, 2.45) is 5.10 Å². The van der Waals surface area contributed by atoms with Crippen molar-refractivity contribution in [1.29, 1.82) is 0 Å². The molecule has 1 aromatic rings. The number of hydrogen-bond acceptors (Lipinski definition) is 6. The first-order chi connectivity index (χ1) is 12.1. The number of morpholine rings is 1. The van der Waals surface area contributed by atoms with Crippen LogP contribution >= 0.6 is 24.4 Å². The molecule has 1 aliphatic heterocycles. The van der Waals surface area contributed by atoms with E-state index in [9.17, 15) is 0 Å². The Balaban J connectivity index is 1.60. The fourth-order valence-electron chi connectivity index (χ4n) is 2.11. The van der Waals surface area contributed by atoms with Crippen LogP contribution in [0.1, 0.15) is 12.6 Å². The number of pyridine rings is 1. The molecule has 10 heteroatoms. The van der Waals surface area contributed by atoms with Gasteiger partial charge in [-0.25, -0.2) is 0 Å². The van der Waals surface area contributed by atoms with E-state index in [1.54, 1.807) is 6.20 Å². The van der Waals surface area contributed by atoms with E-state index >= 15 is 0 Å². The molecule has 0 aliphatic carbocycles. The van der Waals surface area contributed by atoms with Gasteiger partial charge in [0.2, 0.25) is 5.11 Å². The van der Waals surface area contributed by atoms with Crippen LogP contribution in [0.3, 0.4) is 0 Å². The predicted octanol–water partition coefficient (Wildman–Crippen LogP) is -0.0190. The zero-order valence-corrected chi connectivity index (χ0v) is 15.8. The molecule has 1 saturated heterocycles. The van der Waals surface area contributed by atoms with Gasteiger partial charge < -0.3 is 10.1 Å². The van der Waals surface area contributed by atoms with Crippen molar-refractivity contribution in [2.45, 2.75) is 6.92 Å². The zero-order valence-electron chi connectivity index (χ0n) is 14.1. The van der Waals surface area contributed by atoms with Gasteiger partial charge in [0.25, 0.3) is 0 Å². The van der Waals surface area contributed by atoms with Crippen LogP contribution in [0.5, 0.6) is 0 Å². The molecule has 2 heterocycles. The van der Waals surface area contributed by atoms with Crippen molar-refractivity contribution >= 4 is 40.4 Å². The van der Waals surface area contributed by atoms with Crippen LogP contribution in [-0.2, 0) is 4.74 Å².